The van der Waals surface area contributed by atoms with Crippen LogP contribution in [-0.2, 0) is 9.53 Å². The monoisotopic (exact) mass is 173 g/mol. The summed E-state index contributed by atoms with van der Waals surface area (Å²) in [6, 6.07) is 0. The third-order valence-electron chi connectivity index (χ3n) is 1.71. The molecule has 12 heavy (non-hydrogen) atoms. The molecule has 0 rings (SSSR count). The molecule has 3 heteroatoms. The minimum atomic E-state index is 0.217. The van der Waals surface area contributed by atoms with Gasteiger partial charge in [-0.1, -0.05) is 13.8 Å². The molecule has 0 radical (unpaired) electrons. The molecule has 0 aromatic rings. The minimum absolute atomic E-state index is 0.217. The number of ether oxygens (including phenoxy) is 1. The smallest absolute Gasteiger partial charge is 0.222 e. The molecule has 3 nitrogen and oxygen atoms in total. The van der Waals surface area contributed by atoms with Crippen molar-refractivity contribution < 1.29 is 9.53 Å². The van der Waals surface area contributed by atoms with Gasteiger partial charge in [0, 0.05) is 26.6 Å². The van der Waals surface area contributed by atoms with Crippen LogP contribution in [0.5, 0.6) is 0 Å². The zero-order valence-corrected chi connectivity index (χ0v) is 8.30. The van der Waals surface area contributed by atoms with Gasteiger partial charge in [-0.2, -0.15) is 0 Å². The Bertz CT molecular complexity index is 126. The summed E-state index contributed by atoms with van der Waals surface area (Å²) in [6.45, 7) is 6.15. The molecule has 0 bridgehead atoms. The summed E-state index contributed by atoms with van der Waals surface area (Å²) in [5.41, 5.74) is 0. The van der Waals surface area contributed by atoms with E-state index in [1.54, 1.807) is 7.11 Å². The van der Waals surface area contributed by atoms with Crippen molar-refractivity contribution in [2.45, 2.75) is 26.7 Å². The van der Waals surface area contributed by atoms with Crippen LogP contribution < -0.4 is 0 Å². The number of hydrogen-bond donors (Lipinski definition) is 0. The summed E-state index contributed by atoms with van der Waals surface area (Å²) in [4.78, 5) is 13.1. The number of carbonyl (C=O) groups is 1. The molecule has 0 aromatic heterocycles. The Morgan fingerprint density at radius 3 is 2.42 bits per heavy atom. The van der Waals surface area contributed by atoms with Gasteiger partial charge < -0.3 is 9.64 Å². The van der Waals surface area contributed by atoms with Crippen LogP contribution in [0.4, 0.5) is 0 Å². The highest BCUT2D eigenvalue weighted by Gasteiger charge is 2.08. The lowest BCUT2D eigenvalue weighted by atomic mass is 10.3. The van der Waals surface area contributed by atoms with Gasteiger partial charge in [0.1, 0.15) is 0 Å². The van der Waals surface area contributed by atoms with Gasteiger partial charge in [-0.3, -0.25) is 4.79 Å². The normalized spacial score (nSPS) is 9.92. The summed E-state index contributed by atoms with van der Waals surface area (Å²) in [5.74, 6) is 0.217. The zero-order chi connectivity index (χ0) is 9.40. The quantitative estimate of drug-likeness (QED) is 0.605. The molecule has 0 saturated carbocycles. The van der Waals surface area contributed by atoms with Crippen LogP contribution in [-0.4, -0.2) is 37.6 Å². The van der Waals surface area contributed by atoms with Crippen LogP contribution in [0, 0.1) is 0 Å². The van der Waals surface area contributed by atoms with Gasteiger partial charge in [0.15, 0.2) is 0 Å². The lowest BCUT2D eigenvalue weighted by Gasteiger charge is -2.20. The SMILES string of the molecule is CCCN(CCOC)C(=O)CC. The lowest BCUT2D eigenvalue weighted by molar-refractivity contribution is -0.131. The van der Waals surface area contributed by atoms with Crippen LogP contribution in [0.2, 0.25) is 0 Å². The predicted molar refractivity (Wildman–Crippen MR) is 49.0 cm³/mol. The molecular weight excluding hydrogens is 154 g/mol. The van der Waals surface area contributed by atoms with Crippen molar-refractivity contribution in [1.82, 2.24) is 4.90 Å². The number of methoxy groups -OCH3 is 1. The van der Waals surface area contributed by atoms with E-state index in [1.807, 2.05) is 11.8 Å². The van der Waals surface area contributed by atoms with Crippen molar-refractivity contribution in [3.05, 3.63) is 0 Å². The van der Waals surface area contributed by atoms with Crippen LogP contribution in [0.3, 0.4) is 0 Å². The summed E-state index contributed by atoms with van der Waals surface area (Å²) < 4.78 is 4.92. The maximum Gasteiger partial charge on any atom is 0.222 e. The van der Waals surface area contributed by atoms with E-state index in [0.29, 0.717) is 13.0 Å². The van der Waals surface area contributed by atoms with Crippen LogP contribution in [0.15, 0.2) is 0 Å². The van der Waals surface area contributed by atoms with E-state index in [-0.39, 0.29) is 5.91 Å². The standard InChI is InChI=1S/C9H19NO2/c1-4-6-10(7-8-12-3)9(11)5-2/h4-8H2,1-3H3. The highest BCUT2D eigenvalue weighted by Crippen LogP contribution is 1.95. The molecule has 0 aliphatic carbocycles. The van der Waals surface area contributed by atoms with E-state index < -0.39 is 0 Å². The number of nitrogens with zero attached hydrogens (tertiary/aromatic N) is 1. The van der Waals surface area contributed by atoms with E-state index in [0.717, 1.165) is 19.5 Å². The molecule has 1 amide bonds. The second-order valence-corrected chi connectivity index (χ2v) is 2.73. The van der Waals surface area contributed by atoms with Crippen molar-refractivity contribution in [2.24, 2.45) is 0 Å². The molecule has 0 unspecified atom stereocenters. The maximum atomic E-state index is 11.3. The second-order valence-electron chi connectivity index (χ2n) is 2.73. The fourth-order valence-electron chi connectivity index (χ4n) is 1.06. The average molecular weight is 173 g/mol. The van der Waals surface area contributed by atoms with Crippen LogP contribution in [0.1, 0.15) is 26.7 Å². The first kappa shape index (κ1) is 11.4. The largest absolute Gasteiger partial charge is 0.383 e. The Hall–Kier alpha value is -0.570. The fourth-order valence-corrected chi connectivity index (χ4v) is 1.06. The Labute approximate surface area is 74.7 Å². The van der Waals surface area contributed by atoms with Crippen molar-refractivity contribution in [1.29, 1.82) is 0 Å². The first-order valence-electron chi connectivity index (χ1n) is 4.52. The van der Waals surface area contributed by atoms with Crippen LogP contribution in [0.25, 0.3) is 0 Å². The van der Waals surface area contributed by atoms with E-state index in [9.17, 15) is 4.79 Å². The lowest BCUT2D eigenvalue weighted by Crippen LogP contribution is -2.33. The van der Waals surface area contributed by atoms with Gasteiger partial charge in [-0.25, -0.2) is 0 Å². The van der Waals surface area contributed by atoms with E-state index in [1.165, 1.54) is 0 Å². The summed E-state index contributed by atoms with van der Waals surface area (Å²) in [5, 5.41) is 0. The van der Waals surface area contributed by atoms with Crippen LogP contribution >= 0.6 is 0 Å². The second kappa shape index (κ2) is 7.10. The van der Waals surface area contributed by atoms with Crippen molar-refractivity contribution in [2.75, 3.05) is 26.8 Å². The average Bonchev–Trinajstić information content (AvgIpc) is 2.11. The molecule has 0 fully saturated rings. The molecule has 72 valence electrons. The molecule has 0 aliphatic heterocycles. The predicted octanol–water partition coefficient (Wildman–Crippen LogP) is 1.28. The molecule has 0 heterocycles. The molecule has 0 spiro atoms. The maximum absolute atomic E-state index is 11.3. The molecule has 0 aliphatic rings. The molecule has 0 N–H and O–H groups in total. The van der Waals surface area contributed by atoms with Gasteiger partial charge in [-0.15, -0.1) is 0 Å². The zero-order valence-electron chi connectivity index (χ0n) is 8.30. The number of carbonyl (C=O) groups excluding carboxylic acids is 1. The van der Waals surface area contributed by atoms with Gasteiger partial charge in [0.2, 0.25) is 5.91 Å². The minimum Gasteiger partial charge on any atom is -0.383 e. The van der Waals surface area contributed by atoms with Gasteiger partial charge >= 0.3 is 0 Å². The molecule has 0 saturated heterocycles. The number of hydrogen-bond acceptors (Lipinski definition) is 2. The van der Waals surface area contributed by atoms with Crippen molar-refractivity contribution >= 4 is 5.91 Å². The van der Waals surface area contributed by atoms with Gasteiger partial charge in [0.25, 0.3) is 0 Å². The highest BCUT2D eigenvalue weighted by molar-refractivity contribution is 5.75. The van der Waals surface area contributed by atoms with E-state index in [4.69, 9.17) is 4.74 Å². The first-order chi connectivity index (χ1) is 5.76. The Morgan fingerprint density at radius 2 is 2.00 bits per heavy atom. The number of rotatable bonds is 6. The van der Waals surface area contributed by atoms with Crippen molar-refractivity contribution in [3.8, 4) is 0 Å². The van der Waals surface area contributed by atoms with Gasteiger partial charge in [0.05, 0.1) is 6.61 Å². The Morgan fingerprint density at radius 1 is 1.33 bits per heavy atom. The Kier molecular flexibility index (Phi) is 6.76. The fraction of sp³-hybridized carbons (Fsp3) is 0.889. The summed E-state index contributed by atoms with van der Waals surface area (Å²) in [6.07, 6.45) is 1.60. The summed E-state index contributed by atoms with van der Waals surface area (Å²) in [7, 11) is 1.65. The third-order valence-corrected chi connectivity index (χ3v) is 1.71. The molecule has 0 atom stereocenters. The summed E-state index contributed by atoms with van der Waals surface area (Å²) >= 11 is 0. The first-order valence-corrected chi connectivity index (χ1v) is 4.52. The molecular formula is C9H19NO2. The van der Waals surface area contributed by atoms with E-state index in [2.05, 4.69) is 6.92 Å². The third kappa shape index (κ3) is 4.34. The van der Waals surface area contributed by atoms with Crippen molar-refractivity contribution in [3.63, 3.8) is 0 Å². The van der Waals surface area contributed by atoms with E-state index >= 15 is 0 Å². The van der Waals surface area contributed by atoms with Gasteiger partial charge in [-0.05, 0) is 6.42 Å². The highest BCUT2D eigenvalue weighted by atomic mass is 16.5. The topological polar surface area (TPSA) is 29.5 Å². The number of amides is 1. The molecule has 0 aromatic carbocycles. The Balaban J connectivity index is 3.76.